The zero-order valence-corrected chi connectivity index (χ0v) is 16.2. The Bertz CT molecular complexity index is 1280. The number of hydrogen-bond acceptors (Lipinski definition) is 4. The summed E-state index contributed by atoms with van der Waals surface area (Å²) in [5.41, 5.74) is 4.08. The molecule has 3 aromatic heterocycles. The second kappa shape index (κ2) is 6.92. The lowest BCUT2D eigenvalue weighted by molar-refractivity contribution is -0.122. The molecule has 3 heterocycles. The van der Waals surface area contributed by atoms with Crippen LogP contribution in [0.15, 0.2) is 51.9 Å². The molecule has 0 unspecified atom stereocenters. The van der Waals surface area contributed by atoms with E-state index >= 15 is 0 Å². The maximum absolute atomic E-state index is 12.9. The van der Waals surface area contributed by atoms with Crippen molar-refractivity contribution in [3.05, 3.63) is 70.0 Å². The first-order valence-corrected chi connectivity index (χ1v) is 10.0. The second-order valence-electron chi connectivity index (χ2n) is 7.48. The predicted molar refractivity (Wildman–Crippen MR) is 109 cm³/mol. The van der Waals surface area contributed by atoms with Crippen LogP contribution in [-0.4, -0.2) is 20.1 Å². The van der Waals surface area contributed by atoms with Crippen LogP contribution in [-0.2, 0) is 24.2 Å². The van der Waals surface area contributed by atoms with Gasteiger partial charge in [-0.05, 0) is 30.4 Å². The van der Waals surface area contributed by atoms with E-state index in [0.717, 1.165) is 24.8 Å². The number of carbonyl (C=O) groups excluding carboxylic acids is 1. The largest absolute Gasteiger partial charge is 0.463 e. The number of nitrogens with one attached hydrogen (secondary N) is 1. The molecule has 0 saturated carbocycles. The van der Waals surface area contributed by atoms with E-state index in [9.17, 15) is 9.59 Å². The Kier molecular flexibility index (Phi) is 4.23. The summed E-state index contributed by atoms with van der Waals surface area (Å²) in [7, 11) is 0. The van der Waals surface area contributed by atoms with Crippen LogP contribution in [0.5, 0.6) is 0 Å². The number of benzene rings is 1. The van der Waals surface area contributed by atoms with Crippen LogP contribution < -0.4 is 10.9 Å². The molecular formula is C22H22N4O3. The molecule has 29 heavy (non-hydrogen) atoms. The maximum Gasteiger partial charge on any atom is 0.291 e. The summed E-state index contributed by atoms with van der Waals surface area (Å²) in [5.74, 6) is 0.509. The molecule has 0 radical (unpaired) electrons. The van der Waals surface area contributed by atoms with Gasteiger partial charge in [0.1, 0.15) is 17.9 Å². The highest BCUT2D eigenvalue weighted by molar-refractivity contribution is 5.82. The molecule has 1 aliphatic carbocycles. The molecule has 0 fully saturated rings. The quantitative estimate of drug-likeness (QED) is 0.581. The third kappa shape index (κ3) is 2.93. The summed E-state index contributed by atoms with van der Waals surface area (Å²) in [4.78, 5) is 25.7. The first-order valence-electron chi connectivity index (χ1n) is 10.0. The lowest BCUT2D eigenvalue weighted by Gasteiger charge is -2.26. The molecule has 7 heteroatoms. The Labute approximate surface area is 166 Å². The minimum atomic E-state index is -0.298. The maximum atomic E-state index is 12.9. The Balaban J connectivity index is 1.45. The normalized spacial score (nSPS) is 16.2. The lowest BCUT2D eigenvalue weighted by atomic mass is 9.88. The topological polar surface area (TPSA) is 81.5 Å². The van der Waals surface area contributed by atoms with Gasteiger partial charge >= 0.3 is 0 Å². The van der Waals surface area contributed by atoms with Crippen molar-refractivity contribution in [3.63, 3.8) is 0 Å². The number of nitrogens with zero attached hydrogens (tertiary/aromatic N) is 3. The van der Waals surface area contributed by atoms with Gasteiger partial charge < -0.3 is 9.73 Å². The Morgan fingerprint density at radius 3 is 3.00 bits per heavy atom. The summed E-state index contributed by atoms with van der Waals surface area (Å²) >= 11 is 0. The second-order valence-corrected chi connectivity index (χ2v) is 7.48. The Morgan fingerprint density at radius 2 is 2.14 bits per heavy atom. The van der Waals surface area contributed by atoms with E-state index < -0.39 is 0 Å². The van der Waals surface area contributed by atoms with E-state index in [-0.39, 0.29) is 24.1 Å². The first kappa shape index (κ1) is 17.7. The van der Waals surface area contributed by atoms with Crippen LogP contribution in [0.2, 0.25) is 0 Å². The highest BCUT2D eigenvalue weighted by Crippen LogP contribution is 2.29. The molecule has 1 amide bonds. The van der Waals surface area contributed by atoms with Gasteiger partial charge in [0, 0.05) is 18.6 Å². The van der Waals surface area contributed by atoms with Gasteiger partial charge in [-0.15, -0.1) is 0 Å². The van der Waals surface area contributed by atoms with Crippen molar-refractivity contribution >= 4 is 22.5 Å². The van der Waals surface area contributed by atoms with E-state index in [1.54, 1.807) is 12.3 Å². The molecular weight excluding hydrogens is 368 g/mol. The van der Waals surface area contributed by atoms with Crippen LogP contribution in [0.25, 0.3) is 16.6 Å². The number of aryl methyl sites for hydroxylation is 2. The van der Waals surface area contributed by atoms with Gasteiger partial charge in [0.25, 0.3) is 5.56 Å². The zero-order valence-electron chi connectivity index (χ0n) is 16.2. The van der Waals surface area contributed by atoms with Gasteiger partial charge in [0.2, 0.25) is 5.91 Å². The van der Waals surface area contributed by atoms with Crippen LogP contribution >= 0.6 is 0 Å². The minimum Gasteiger partial charge on any atom is -0.463 e. The standard InChI is InChI=1S/C22H22N4O3/c1-2-20-24-25(22(28)18-12-19-17(26(18)20)10-11-29-19)13-21(27)23-16-9-5-7-14-6-3-4-8-15(14)16/h3-4,6,8,10-12,16H,2,5,7,9,13H2,1H3,(H,23,27)/t16-/m1/s1. The van der Waals surface area contributed by atoms with E-state index in [1.807, 2.05) is 29.5 Å². The Hall–Kier alpha value is -3.35. The Morgan fingerprint density at radius 1 is 1.28 bits per heavy atom. The highest BCUT2D eigenvalue weighted by atomic mass is 16.3. The molecule has 5 rings (SSSR count). The molecule has 1 atom stereocenters. The van der Waals surface area contributed by atoms with E-state index in [2.05, 4.69) is 22.5 Å². The fraction of sp³-hybridized carbons (Fsp3) is 0.318. The van der Waals surface area contributed by atoms with E-state index in [0.29, 0.717) is 23.3 Å². The summed E-state index contributed by atoms with van der Waals surface area (Å²) in [6.07, 6.45) is 5.20. The number of amides is 1. The third-order valence-electron chi connectivity index (χ3n) is 5.69. The van der Waals surface area contributed by atoms with Gasteiger partial charge in [-0.1, -0.05) is 31.2 Å². The van der Waals surface area contributed by atoms with Gasteiger partial charge in [0.15, 0.2) is 5.58 Å². The molecule has 148 valence electrons. The summed E-state index contributed by atoms with van der Waals surface area (Å²) in [5, 5.41) is 7.56. The molecule has 7 nitrogen and oxygen atoms in total. The summed E-state index contributed by atoms with van der Waals surface area (Å²) in [6.45, 7) is 1.87. The van der Waals surface area contributed by atoms with Crippen molar-refractivity contribution in [2.75, 3.05) is 0 Å². The number of furan rings is 1. The minimum absolute atomic E-state index is 0.0202. The predicted octanol–water partition coefficient (Wildman–Crippen LogP) is 3.00. The first-order chi connectivity index (χ1) is 14.2. The number of carbonyl (C=O) groups is 1. The smallest absolute Gasteiger partial charge is 0.291 e. The van der Waals surface area contributed by atoms with E-state index in [1.165, 1.54) is 15.8 Å². The van der Waals surface area contributed by atoms with Crippen molar-refractivity contribution in [2.24, 2.45) is 0 Å². The summed E-state index contributed by atoms with van der Waals surface area (Å²) < 4.78 is 8.51. The fourth-order valence-corrected chi connectivity index (χ4v) is 4.34. The monoisotopic (exact) mass is 390 g/mol. The SMILES string of the molecule is CCc1nn(CC(=O)N[C@@H]2CCCc3ccccc32)c(=O)c2cc3occc3n12. The summed E-state index contributed by atoms with van der Waals surface area (Å²) in [6, 6.07) is 11.7. The average molecular weight is 390 g/mol. The number of hydrogen-bond donors (Lipinski definition) is 1. The number of aromatic nitrogens is 3. The van der Waals surface area contributed by atoms with Gasteiger partial charge in [-0.3, -0.25) is 14.0 Å². The molecule has 1 aliphatic rings. The molecule has 0 saturated heterocycles. The zero-order chi connectivity index (χ0) is 20.0. The average Bonchev–Trinajstić information content (AvgIpc) is 3.32. The molecule has 1 aromatic carbocycles. The lowest BCUT2D eigenvalue weighted by Crippen LogP contribution is -2.37. The molecule has 0 spiro atoms. The molecule has 1 N–H and O–H groups in total. The van der Waals surface area contributed by atoms with Gasteiger partial charge in [-0.25, -0.2) is 4.68 Å². The van der Waals surface area contributed by atoms with Crippen molar-refractivity contribution in [2.45, 2.75) is 45.2 Å². The van der Waals surface area contributed by atoms with Gasteiger partial charge in [-0.2, -0.15) is 5.10 Å². The third-order valence-corrected chi connectivity index (χ3v) is 5.69. The van der Waals surface area contributed by atoms with Crippen molar-refractivity contribution in [3.8, 4) is 0 Å². The molecule has 0 bridgehead atoms. The van der Waals surface area contributed by atoms with Crippen LogP contribution in [0.1, 0.15) is 42.8 Å². The van der Waals surface area contributed by atoms with Crippen molar-refractivity contribution in [1.29, 1.82) is 0 Å². The van der Waals surface area contributed by atoms with Crippen molar-refractivity contribution < 1.29 is 9.21 Å². The molecule has 0 aliphatic heterocycles. The fourth-order valence-electron chi connectivity index (χ4n) is 4.34. The molecule has 4 aromatic rings. The number of fused-ring (bicyclic) bond motifs is 4. The van der Waals surface area contributed by atoms with Crippen LogP contribution in [0.4, 0.5) is 0 Å². The van der Waals surface area contributed by atoms with Crippen LogP contribution in [0.3, 0.4) is 0 Å². The van der Waals surface area contributed by atoms with Crippen LogP contribution in [0, 0.1) is 0 Å². The van der Waals surface area contributed by atoms with E-state index in [4.69, 9.17) is 4.42 Å². The number of rotatable bonds is 4. The van der Waals surface area contributed by atoms with Gasteiger partial charge in [0.05, 0.1) is 17.8 Å². The van der Waals surface area contributed by atoms with Crippen molar-refractivity contribution in [1.82, 2.24) is 19.5 Å². The highest BCUT2D eigenvalue weighted by Gasteiger charge is 2.22.